The van der Waals surface area contributed by atoms with E-state index >= 15 is 0 Å². The van der Waals surface area contributed by atoms with Crippen LogP contribution in [0.25, 0.3) is 0 Å². The van der Waals surface area contributed by atoms with Crippen LogP contribution in [0.3, 0.4) is 0 Å². The highest BCUT2D eigenvalue weighted by atomic mass is 35.5. The van der Waals surface area contributed by atoms with Crippen LogP contribution in [0.5, 0.6) is 5.75 Å². The van der Waals surface area contributed by atoms with Crippen molar-refractivity contribution in [1.82, 2.24) is 5.32 Å². The van der Waals surface area contributed by atoms with Gasteiger partial charge in [-0.25, -0.2) is 4.79 Å². The Morgan fingerprint density at radius 1 is 1.19 bits per heavy atom. The first kappa shape index (κ1) is 15.3. The third-order valence-corrected chi connectivity index (χ3v) is 3.78. The number of nitrogens with one attached hydrogen (secondary N) is 1. The SMILES string of the molecule is O=C(O)c1ccc(OCCNC(=O)c2ccc(Cl)s2)cc1. The Morgan fingerprint density at radius 2 is 1.90 bits per heavy atom. The number of ether oxygens (including phenoxy) is 1. The zero-order chi connectivity index (χ0) is 15.2. The second-order valence-corrected chi connectivity index (χ2v) is 5.75. The van der Waals surface area contributed by atoms with Gasteiger partial charge in [0, 0.05) is 0 Å². The van der Waals surface area contributed by atoms with Crippen LogP contribution in [0.4, 0.5) is 0 Å². The molecule has 0 saturated carbocycles. The van der Waals surface area contributed by atoms with E-state index in [4.69, 9.17) is 21.4 Å². The number of aromatic carboxylic acids is 1. The molecule has 0 fully saturated rings. The van der Waals surface area contributed by atoms with Crippen LogP contribution in [0.2, 0.25) is 4.34 Å². The Balaban J connectivity index is 1.74. The number of carbonyl (C=O) groups excluding carboxylic acids is 1. The van der Waals surface area contributed by atoms with Crippen LogP contribution in [0.15, 0.2) is 36.4 Å². The summed E-state index contributed by atoms with van der Waals surface area (Å²) in [5.74, 6) is -0.631. The third-order valence-electron chi connectivity index (χ3n) is 2.55. The van der Waals surface area contributed by atoms with Crippen molar-refractivity contribution in [3.8, 4) is 5.75 Å². The summed E-state index contributed by atoms with van der Waals surface area (Å²) < 4.78 is 5.97. The Morgan fingerprint density at radius 3 is 2.48 bits per heavy atom. The summed E-state index contributed by atoms with van der Waals surface area (Å²) >= 11 is 6.96. The van der Waals surface area contributed by atoms with Crippen molar-refractivity contribution in [3.05, 3.63) is 51.2 Å². The standard InChI is InChI=1S/C14H12ClNO4S/c15-12-6-5-11(21-12)13(17)16-7-8-20-10-3-1-9(2-4-10)14(18)19/h1-6H,7-8H2,(H,16,17)(H,18,19). The normalized spacial score (nSPS) is 10.1. The van der Waals surface area contributed by atoms with E-state index in [1.807, 2.05) is 0 Å². The maximum absolute atomic E-state index is 11.7. The van der Waals surface area contributed by atoms with Gasteiger partial charge in [0.05, 0.1) is 21.3 Å². The summed E-state index contributed by atoms with van der Waals surface area (Å²) in [4.78, 5) is 22.9. The predicted octanol–water partition coefficient (Wildman–Crippen LogP) is 2.91. The smallest absolute Gasteiger partial charge is 0.335 e. The van der Waals surface area contributed by atoms with Gasteiger partial charge in [0.25, 0.3) is 5.91 Å². The van der Waals surface area contributed by atoms with Gasteiger partial charge >= 0.3 is 5.97 Å². The van der Waals surface area contributed by atoms with Gasteiger partial charge in [0.1, 0.15) is 12.4 Å². The maximum atomic E-state index is 11.7. The van der Waals surface area contributed by atoms with Crippen LogP contribution in [-0.4, -0.2) is 30.1 Å². The summed E-state index contributed by atoms with van der Waals surface area (Å²) in [5.41, 5.74) is 0.199. The molecule has 5 nitrogen and oxygen atoms in total. The molecule has 2 aromatic rings. The van der Waals surface area contributed by atoms with Gasteiger partial charge in [0.2, 0.25) is 0 Å². The number of hydrogen-bond donors (Lipinski definition) is 2. The van der Waals surface area contributed by atoms with Crippen LogP contribution in [-0.2, 0) is 0 Å². The first-order chi connectivity index (χ1) is 10.1. The first-order valence-electron chi connectivity index (χ1n) is 6.06. The molecule has 1 heterocycles. The molecule has 1 amide bonds. The minimum Gasteiger partial charge on any atom is -0.492 e. The molecule has 0 spiro atoms. The van der Waals surface area contributed by atoms with E-state index < -0.39 is 5.97 Å². The molecule has 21 heavy (non-hydrogen) atoms. The molecule has 0 atom stereocenters. The molecular formula is C14H12ClNO4S. The van der Waals surface area contributed by atoms with Gasteiger partial charge in [-0.3, -0.25) is 4.79 Å². The van der Waals surface area contributed by atoms with Crippen LogP contribution in [0.1, 0.15) is 20.0 Å². The van der Waals surface area contributed by atoms with Gasteiger partial charge in [-0.05, 0) is 36.4 Å². The van der Waals surface area contributed by atoms with E-state index in [1.54, 1.807) is 24.3 Å². The highest BCUT2D eigenvalue weighted by Crippen LogP contribution is 2.21. The second kappa shape index (κ2) is 7.10. The largest absolute Gasteiger partial charge is 0.492 e. The van der Waals surface area contributed by atoms with Crippen molar-refractivity contribution in [2.45, 2.75) is 0 Å². The molecule has 2 rings (SSSR count). The summed E-state index contributed by atoms with van der Waals surface area (Å²) in [7, 11) is 0. The van der Waals surface area contributed by atoms with Crippen molar-refractivity contribution in [1.29, 1.82) is 0 Å². The minimum atomic E-state index is -0.983. The number of carboxylic acid groups (broad SMARTS) is 1. The number of rotatable bonds is 6. The molecule has 7 heteroatoms. The van der Waals surface area contributed by atoms with Crippen molar-refractivity contribution in [3.63, 3.8) is 0 Å². The molecule has 0 radical (unpaired) electrons. The number of benzene rings is 1. The fraction of sp³-hybridized carbons (Fsp3) is 0.143. The molecular weight excluding hydrogens is 314 g/mol. The van der Waals surface area contributed by atoms with Gasteiger partial charge in [-0.2, -0.15) is 0 Å². The molecule has 0 unspecified atom stereocenters. The van der Waals surface area contributed by atoms with Crippen molar-refractivity contribution >= 4 is 34.8 Å². The molecule has 0 aliphatic carbocycles. The summed E-state index contributed by atoms with van der Waals surface area (Å²) in [5, 5.41) is 11.5. The molecule has 1 aromatic carbocycles. The number of hydrogen-bond acceptors (Lipinski definition) is 4. The van der Waals surface area contributed by atoms with Crippen LogP contribution >= 0.6 is 22.9 Å². The number of amides is 1. The first-order valence-corrected chi connectivity index (χ1v) is 7.25. The predicted molar refractivity (Wildman–Crippen MR) is 80.6 cm³/mol. The van der Waals surface area contributed by atoms with Crippen LogP contribution < -0.4 is 10.1 Å². The average molecular weight is 326 g/mol. The fourth-order valence-electron chi connectivity index (χ4n) is 1.55. The number of halogens is 1. The number of thiophene rings is 1. The Labute approximate surface area is 130 Å². The number of carbonyl (C=O) groups is 2. The zero-order valence-electron chi connectivity index (χ0n) is 10.8. The molecule has 110 valence electrons. The molecule has 0 bridgehead atoms. The van der Waals surface area contributed by atoms with Crippen molar-refractivity contribution in [2.24, 2.45) is 0 Å². The molecule has 1 aromatic heterocycles. The third kappa shape index (κ3) is 4.47. The lowest BCUT2D eigenvalue weighted by Crippen LogP contribution is -2.27. The van der Waals surface area contributed by atoms with E-state index in [9.17, 15) is 9.59 Å². The van der Waals surface area contributed by atoms with E-state index in [0.717, 1.165) is 0 Å². The van der Waals surface area contributed by atoms with E-state index in [0.29, 0.717) is 21.5 Å². The lowest BCUT2D eigenvalue weighted by molar-refractivity contribution is 0.0696. The summed E-state index contributed by atoms with van der Waals surface area (Å²) in [6.45, 7) is 0.631. The second-order valence-electron chi connectivity index (χ2n) is 4.04. The molecule has 0 aliphatic rings. The minimum absolute atomic E-state index is 0.197. The molecule has 0 aliphatic heterocycles. The average Bonchev–Trinajstić information content (AvgIpc) is 2.90. The van der Waals surface area contributed by atoms with Gasteiger partial charge in [-0.15, -0.1) is 11.3 Å². The zero-order valence-corrected chi connectivity index (χ0v) is 12.4. The highest BCUT2D eigenvalue weighted by molar-refractivity contribution is 7.17. The number of carboxylic acids is 1. The van der Waals surface area contributed by atoms with Gasteiger partial charge in [0.15, 0.2) is 0 Å². The highest BCUT2D eigenvalue weighted by Gasteiger charge is 2.07. The Hall–Kier alpha value is -2.05. The Bertz CT molecular complexity index is 639. The quantitative estimate of drug-likeness (QED) is 0.801. The lowest BCUT2D eigenvalue weighted by Gasteiger charge is -2.07. The monoisotopic (exact) mass is 325 g/mol. The molecule has 0 saturated heterocycles. The van der Waals surface area contributed by atoms with Crippen molar-refractivity contribution in [2.75, 3.05) is 13.2 Å². The summed E-state index contributed by atoms with van der Waals surface area (Å²) in [6.07, 6.45) is 0. The van der Waals surface area contributed by atoms with Gasteiger partial charge in [-0.1, -0.05) is 11.6 Å². The molecule has 2 N–H and O–H groups in total. The fourth-order valence-corrected chi connectivity index (χ4v) is 2.51. The maximum Gasteiger partial charge on any atom is 0.335 e. The summed E-state index contributed by atoms with van der Waals surface area (Å²) in [6, 6.07) is 9.40. The van der Waals surface area contributed by atoms with Crippen LogP contribution in [0, 0.1) is 0 Å². The topological polar surface area (TPSA) is 75.6 Å². The van der Waals surface area contributed by atoms with E-state index in [-0.39, 0.29) is 18.1 Å². The van der Waals surface area contributed by atoms with E-state index in [1.165, 1.54) is 23.5 Å². The van der Waals surface area contributed by atoms with Gasteiger partial charge < -0.3 is 15.2 Å². The lowest BCUT2D eigenvalue weighted by atomic mass is 10.2. The van der Waals surface area contributed by atoms with E-state index in [2.05, 4.69) is 5.32 Å². The Kier molecular flexibility index (Phi) is 5.19. The van der Waals surface area contributed by atoms with Crippen molar-refractivity contribution < 1.29 is 19.4 Å².